The Bertz CT molecular complexity index is 844. The first kappa shape index (κ1) is 19.9. The van der Waals surface area contributed by atoms with Crippen LogP contribution in [-0.4, -0.2) is 21.1 Å². The second-order valence-electron chi connectivity index (χ2n) is 6.29. The average molecular weight is 369 g/mol. The molecular formula is C20H24N4OS. The van der Waals surface area contributed by atoms with Crippen LogP contribution in [0.4, 0.5) is 5.69 Å². The molecule has 2 rings (SSSR count). The lowest BCUT2D eigenvalue weighted by Crippen LogP contribution is -2.23. The Hall–Kier alpha value is -2.39. The van der Waals surface area contributed by atoms with Crippen molar-refractivity contribution in [3.8, 4) is 6.07 Å². The highest BCUT2D eigenvalue weighted by molar-refractivity contribution is 8.00. The molecule has 1 N–H and O–H groups in total. The molecule has 0 aliphatic heterocycles. The lowest BCUT2D eigenvalue weighted by Gasteiger charge is -2.18. The van der Waals surface area contributed by atoms with Crippen molar-refractivity contribution in [3.05, 3.63) is 46.9 Å². The molecule has 1 aromatic heterocycles. The van der Waals surface area contributed by atoms with Crippen molar-refractivity contribution in [2.45, 2.75) is 57.2 Å². The fourth-order valence-electron chi connectivity index (χ4n) is 2.61. The third-order valence-corrected chi connectivity index (χ3v) is 5.39. The van der Waals surface area contributed by atoms with Crippen molar-refractivity contribution >= 4 is 23.4 Å². The summed E-state index contributed by atoms with van der Waals surface area (Å²) in [6, 6.07) is 10.0. The minimum atomic E-state index is -0.388. The number of nitriles is 1. The molecule has 0 saturated carbocycles. The van der Waals surface area contributed by atoms with Gasteiger partial charge in [-0.2, -0.15) is 5.26 Å². The number of hydrogen-bond donors (Lipinski definition) is 1. The van der Waals surface area contributed by atoms with Crippen LogP contribution in [0, 0.1) is 25.2 Å². The molecule has 136 valence electrons. The Morgan fingerprint density at radius 2 is 1.96 bits per heavy atom. The molecule has 1 heterocycles. The summed E-state index contributed by atoms with van der Waals surface area (Å²) in [7, 11) is 0. The number of hydrogen-bond acceptors (Lipinski definition) is 5. The quantitative estimate of drug-likeness (QED) is 0.595. The largest absolute Gasteiger partial charge is 0.325 e. The number of rotatable bonds is 6. The molecule has 0 radical (unpaired) electrons. The maximum absolute atomic E-state index is 12.7. The van der Waals surface area contributed by atoms with Crippen LogP contribution in [0.3, 0.4) is 0 Å². The number of para-hydroxylation sites is 1. The fraction of sp³-hybridized carbons (Fsp3) is 0.400. The zero-order valence-corrected chi connectivity index (χ0v) is 16.6. The van der Waals surface area contributed by atoms with Gasteiger partial charge in [0.2, 0.25) is 5.91 Å². The van der Waals surface area contributed by atoms with Gasteiger partial charge in [-0.05, 0) is 44.7 Å². The van der Waals surface area contributed by atoms with Crippen LogP contribution in [-0.2, 0) is 4.79 Å². The van der Waals surface area contributed by atoms with Crippen molar-refractivity contribution in [1.82, 2.24) is 9.97 Å². The zero-order chi connectivity index (χ0) is 19.3. The molecule has 2 atom stereocenters. The van der Waals surface area contributed by atoms with E-state index >= 15 is 0 Å². The lowest BCUT2D eigenvalue weighted by atomic mass is 9.97. The van der Waals surface area contributed by atoms with Crippen LogP contribution in [0.2, 0.25) is 0 Å². The number of carbonyl (C=O) groups is 1. The third-order valence-electron chi connectivity index (χ3n) is 4.30. The van der Waals surface area contributed by atoms with E-state index in [4.69, 9.17) is 0 Å². The molecule has 0 aliphatic rings. The van der Waals surface area contributed by atoms with E-state index in [-0.39, 0.29) is 11.2 Å². The summed E-state index contributed by atoms with van der Waals surface area (Å²) in [4.78, 5) is 21.3. The van der Waals surface area contributed by atoms with E-state index < -0.39 is 0 Å². The van der Waals surface area contributed by atoms with E-state index in [0.717, 1.165) is 17.7 Å². The number of aromatic nitrogens is 2. The summed E-state index contributed by atoms with van der Waals surface area (Å²) in [6.07, 6.45) is 1.00. The number of thioether (sulfide) groups is 1. The summed E-state index contributed by atoms with van der Waals surface area (Å²) in [5.74, 6) is 0.856. The first-order chi connectivity index (χ1) is 12.4. The van der Waals surface area contributed by atoms with Crippen LogP contribution in [0.1, 0.15) is 55.8 Å². The maximum atomic E-state index is 12.7. The van der Waals surface area contributed by atoms with Crippen molar-refractivity contribution in [2.75, 3.05) is 5.32 Å². The van der Waals surface area contributed by atoms with Gasteiger partial charge in [0, 0.05) is 5.69 Å². The summed E-state index contributed by atoms with van der Waals surface area (Å²) < 4.78 is 0. The molecular weight excluding hydrogens is 344 g/mol. The second-order valence-corrected chi connectivity index (χ2v) is 7.62. The lowest BCUT2D eigenvalue weighted by molar-refractivity contribution is -0.115. The Labute approximate surface area is 159 Å². The van der Waals surface area contributed by atoms with Gasteiger partial charge in [-0.15, -0.1) is 0 Å². The summed E-state index contributed by atoms with van der Waals surface area (Å²) >= 11 is 1.28. The molecule has 0 bridgehead atoms. The molecule has 1 aromatic carbocycles. The number of aryl methyl sites for hydroxylation is 2. The minimum Gasteiger partial charge on any atom is -0.325 e. The Kier molecular flexibility index (Phi) is 6.76. The molecule has 0 fully saturated rings. The molecule has 2 aromatic rings. The summed E-state index contributed by atoms with van der Waals surface area (Å²) in [6.45, 7) is 9.66. The van der Waals surface area contributed by atoms with Crippen LogP contribution in [0.25, 0.3) is 0 Å². The molecule has 0 saturated heterocycles. The zero-order valence-electron chi connectivity index (χ0n) is 15.8. The normalized spacial score (nSPS) is 12.9. The standard InChI is InChI=1S/C20H24N4OS/c1-6-12(2)16-9-7-8-10-18(16)24-19(25)14(4)26-20-17(11-21)13(3)22-15(5)23-20/h7-10,12,14H,6H2,1-5H3,(H,24,25). The van der Waals surface area contributed by atoms with Gasteiger partial charge < -0.3 is 5.32 Å². The maximum Gasteiger partial charge on any atom is 0.237 e. The van der Waals surface area contributed by atoms with Crippen LogP contribution in [0.5, 0.6) is 0 Å². The monoisotopic (exact) mass is 368 g/mol. The van der Waals surface area contributed by atoms with E-state index in [2.05, 4.69) is 35.2 Å². The number of carbonyl (C=O) groups excluding carboxylic acids is 1. The fourth-order valence-corrected chi connectivity index (χ4v) is 3.61. The summed E-state index contributed by atoms with van der Waals surface area (Å²) in [5.41, 5.74) is 3.04. The smallest absolute Gasteiger partial charge is 0.237 e. The topological polar surface area (TPSA) is 78.7 Å². The van der Waals surface area contributed by atoms with Gasteiger partial charge in [-0.1, -0.05) is 43.8 Å². The minimum absolute atomic E-state index is 0.108. The van der Waals surface area contributed by atoms with E-state index in [1.165, 1.54) is 11.8 Å². The number of amides is 1. The van der Waals surface area contributed by atoms with Crippen molar-refractivity contribution in [1.29, 1.82) is 5.26 Å². The molecule has 1 amide bonds. The number of benzene rings is 1. The SMILES string of the molecule is CCC(C)c1ccccc1NC(=O)C(C)Sc1nc(C)nc(C)c1C#N. The summed E-state index contributed by atoms with van der Waals surface area (Å²) in [5, 5.41) is 12.5. The van der Waals surface area contributed by atoms with E-state index in [1.54, 1.807) is 13.8 Å². The molecule has 26 heavy (non-hydrogen) atoms. The number of nitrogens with zero attached hydrogens (tertiary/aromatic N) is 3. The van der Waals surface area contributed by atoms with Crippen LogP contribution >= 0.6 is 11.8 Å². The molecule has 0 aliphatic carbocycles. The van der Waals surface area contributed by atoms with Gasteiger partial charge in [-0.3, -0.25) is 4.79 Å². The van der Waals surface area contributed by atoms with Gasteiger partial charge >= 0.3 is 0 Å². The van der Waals surface area contributed by atoms with E-state index in [9.17, 15) is 10.1 Å². The number of nitrogens with one attached hydrogen (secondary N) is 1. The highest BCUT2D eigenvalue weighted by Gasteiger charge is 2.20. The van der Waals surface area contributed by atoms with Crippen LogP contribution in [0.15, 0.2) is 29.3 Å². The first-order valence-electron chi connectivity index (χ1n) is 8.69. The number of anilines is 1. The molecule has 5 nitrogen and oxygen atoms in total. The molecule has 6 heteroatoms. The highest BCUT2D eigenvalue weighted by atomic mass is 32.2. The Morgan fingerprint density at radius 3 is 2.62 bits per heavy atom. The van der Waals surface area contributed by atoms with Gasteiger partial charge in [0.05, 0.1) is 10.9 Å². The van der Waals surface area contributed by atoms with Gasteiger partial charge in [-0.25, -0.2) is 9.97 Å². The van der Waals surface area contributed by atoms with Crippen molar-refractivity contribution in [3.63, 3.8) is 0 Å². The van der Waals surface area contributed by atoms with Gasteiger partial charge in [0.25, 0.3) is 0 Å². The third kappa shape index (κ3) is 4.61. The average Bonchev–Trinajstić information content (AvgIpc) is 2.61. The van der Waals surface area contributed by atoms with Crippen molar-refractivity contribution < 1.29 is 4.79 Å². The van der Waals surface area contributed by atoms with Gasteiger partial charge in [0.15, 0.2) is 0 Å². The van der Waals surface area contributed by atoms with E-state index in [0.29, 0.717) is 28.0 Å². The van der Waals surface area contributed by atoms with Crippen molar-refractivity contribution in [2.24, 2.45) is 0 Å². The molecule has 0 spiro atoms. The Morgan fingerprint density at radius 1 is 1.27 bits per heavy atom. The predicted octanol–water partition coefficient (Wildman–Crippen LogP) is 4.60. The van der Waals surface area contributed by atoms with Gasteiger partial charge in [0.1, 0.15) is 22.5 Å². The first-order valence-corrected chi connectivity index (χ1v) is 9.57. The predicted molar refractivity (Wildman–Crippen MR) is 105 cm³/mol. The van der Waals surface area contributed by atoms with Crippen LogP contribution < -0.4 is 5.32 Å². The molecule has 2 unspecified atom stereocenters. The second kappa shape index (κ2) is 8.81. The van der Waals surface area contributed by atoms with E-state index in [1.807, 2.05) is 31.2 Å². The Balaban J connectivity index is 2.19. The highest BCUT2D eigenvalue weighted by Crippen LogP contribution is 2.29.